The highest BCUT2D eigenvalue weighted by Crippen LogP contribution is 2.28. The van der Waals surface area contributed by atoms with E-state index in [1.165, 1.54) is 11.3 Å². The topological polar surface area (TPSA) is 84.4 Å². The lowest BCUT2D eigenvalue weighted by Crippen LogP contribution is -2.28. The lowest BCUT2D eigenvalue weighted by molar-refractivity contribution is -0.122. The van der Waals surface area contributed by atoms with Gasteiger partial charge in [0.15, 0.2) is 0 Å². The monoisotopic (exact) mass is 436 g/mol. The molecule has 1 aromatic heterocycles. The molecule has 1 atom stereocenters. The average molecular weight is 437 g/mol. The van der Waals surface area contributed by atoms with E-state index in [0.717, 1.165) is 33.1 Å². The van der Waals surface area contributed by atoms with E-state index in [1.807, 2.05) is 50.2 Å². The Morgan fingerprint density at radius 2 is 1.87 bits per heavy atom. The van der Waals surface area contributed by atoms with Crippen molar-refractivity contribution < 1.29 is 14.3 Å². The number of nitrogens with zero attached hydrogens (tertiary/aromatic N) is 3. The maximum Gasteiger partial charge on any atom is 0.231 e. The van der Waals surface area contributed by atoms with Crippen LogP contribution in [0, 0.1) is 19.8 Å². The van der Waals surface area contributed by atoms with Crippen molar-refractivity contribution in [1.82, 2.24) is 10.2 Å². The molecule has 31 heavy (non-hydrogen) atoms. The van der Waals surface area contributed by atoms with Crippen LogP contribution in [0.25, 0.3) is 0 Å². The van der Waals surface area contributed by atoms with E-state index in [0.29, 0.717) is 18.1 Å². The van der Waals surface area contributed by atoms with Gasteiger partial charge in [-0.25, -0.2) is 0 Å². The smallest absolute Gasteiger partial charge is 0.231 e. The van der Waals surface area contributed by atoms with E-state index in [-0.39, 0.29) is 18.2 Å². The van der Waals surface area contributed by atoms with Gasteiger partial charge in [0.2, 0.25) is 16.9 Å². The van der Waals surface area contributed by atoms with Gasteiger partial charge in [0, 0.05) is 25.1 Å². The molecule has 1 N–H and O–H groups in total. The molecule has 2 amide bonds. The molecule has 160 valence electrons. The molecule has 7 nitrogen and oxygen atoms in total. The third kappa shape index (κ3) is 4.91. The van der Waals surface area contributed by atoms with Gasteiger partial charge in [0.25, 0.3) is 0 Å². The lowest BCUT2D eigenvalue weighted by atomic mass is 10.1. The van der Waals surface area contributed by atoms with E-state index >= 15 is 0 Å². The highest BCUT2D eigenvalue weighted by Gasteiger charge is 2.35. The maximum atomic E-state index is 12.7. The summed E-state index contributed by atoms with van der Waals surface area (Å²) in [5.74, 6) is 0.146. The Labute approximate surface area is 185 Å². The zero-order chi connectivity index (χ0) is 22.0. The molecule has 1 fully saturated rings. The van der Waals surface area contributed by atoms with Crippen LogP contribution in [-0.4, -0.2) is 35.7 Å². The number of carbonyl (C=O) groups is 2. The normalized spacial score (nSPS) is 15.9. The summed E-state index contributed by atoms with van der Waals surface area (Å²) < 4.78 is 5.17. The number of aromatic nitrogens is 2. The summed E-state index contributed by atoms with van der Waals surface area (Å²) in [4.78, 5) is 27.0. The molecule has 1 unspecified atom stereocenters. The number of methoxy groups -OCH3 is 1. The third-order valence-corrected chi connectivity index (χ3v) is 6.06. The molecule has 2 heterocycles. The van der Waals surface area contributed by atoms with Crippen molar-refractivity contribution >= 4 is 34.0 Å². The Bertz CT molecular complexity index is 1090. The summed E-state index contributed by atoms with van der Waals surface area (Å²) in [6.45, 7) is 4.37. The molecule has 1 saturated heterocycles. The zero-order valence-corrected chi connectivity index (χ0v) is 18.5. The molecule has 8 heteroatoms. The highest BCUT2D eigenvalue weighted by molar-refractivity contribution is 7.15. The molecule has 0 aliphatic carbocycles. The number of anilines is 2. The number of hydrogen-bond donors (Lipinski definition) is 1. The van der Waals surface area contributed by atoms with Crippen molar-refractivity contribution in [1.29, 1.82) is 0 Å². The van der Waals surface area contributed by atoms with Crippen LogP contribution in [0.2, 0.25) is 0 Å². The number of nitrogens with one attached hydrogen (secondary N) is 1. The van der Waals surface area contributed by atoms with E-state index in [2.05, 4.69) is 21.6 Å². The van der Waals surface area contributed by atoms with Crippen molar-refractivity contribution in [3.63, 3.8) is 0 Å². The van der Waals surface area contributed by atoms with Crippen LogP contribution in [0.3, 0.4) is 0 Å². The Balaban J connectivity index is 1.38. The lowest BCUT2D eigenvalue weighted by Gasteiger charge is -2.18. The summed E-state index contributed by atoms with van der Waals surface area (Å²) in [7, 11) is 1.63. The van der Waals surface area contributed by atoms with Crippen molar-refractivity contribution in [3.05, 3.63) is 64.2 Å². The fourth-order valence-corrected chi connectivity index (χ4v) is 4.52. The van der Waals surface area contributed by atoms with Gasteiger partial charge in [-0.05, 0) is 54.8 Å². The summed E-state index contributed by atoms with van der Waals surface area (Å²) >= 11 is 1.34. The number of carbonyl (C=O) groups excluding carboxylic acids is 2. The second-order valence-corrected chi connectivity index (χ2v) is 8.83. The molecular formula is C23H24N4O3S. The Morgan fingerprint density at radius 3 is 2.55 bits per heavy atom. The molecule has 1 aliphatic rings. The van der Waals surface area contributed by atoms with E-state index in [9.17, 15) is 9.59 Å². The van der Waals surface area contributed by atoms with Gasteiger partial charge in [-0.1, -0.05) is 29.5 Å². The SMILES string of the molecule is COc1ccc(Cc2nnc(NC(=O)C3CC(=O)N(c4cc(C)cc(C)c4)C3)s2)cc1. The largest absolute Gasteiger partial charge is 0.497 e. The van der Waals surface area contributed by atoms with Crippen LogP contribution in [0.5, 0.6) is 5.75 Å². The number of rotatable bonds is 6. The minimum absolute atomic E-state index is 0.0393. The molecule has 0 radical (unpaired) electrons. The third-order valence-electron chi connectivity index (χ3n) is 5.23. The average Bonchev–Trinajstić information content (AvgIpc) is 3.34. The second-order valence-electron chi connectivity index (χ2n) is 7.77. The van der Waals surface area contributed by atoms with E-state index in [1.54, 1.807) is 12.0 Å². The second kappa shape index (κ2) is 8.85. The van der Waals surface area contributed by atoms with Gasteiger partial charge in [0.05, 0.1) is 13.0 Å². The van der Waals surface area contributed by atoms with Crippen LogP contribution in [0.15, 0.2) is 42.5 Å². The van der Waals surface area contributed by atoms with Crippen LogP contribution in [-0.2, 0) is 16.0 Å². The van der Waals surface area contributed by atoms with Crippen molar-refractivity contribution in [2.24, 2.45) is 5.92 Å². The molecule has 4 rings (SSSR count). The predicted octanol–water partition coefficient (Wildman–Crippen LogP) is 3.75. The van der Waals surface area contributed by atoms with Gasteiger partial charge in [-0.15, -0.1) is 10.2 Å². The van der Waals surface area contributed by atoms with Crippen LogP contribution < -0.4 is 15.0 Å². The first kappa shape index (κ1) is 21.0. The van der Waals surface area contributed by atoms with Crippen LogP contribution in [0.4, 0.5) is 10.8 Å². The first-order chi connectivity index (χ1) is 14.9. The maximum absolute atomic E-state index is 12.7. The van der Waals surface area contributed by atoms with Crippen molar-refractivity contribution in [3.8, 4) is 5.75 Å². The summed E-state index contributed by atoms with van der Waals surface area (Å²) in [6, 6.07) is 13.8. The Kier molecular flexibility index (Phi) is 5.99. The molecule has 1 aliphatic heterocycles. The highest BCUT2D eigenvalue weighted by atomic mass is 32.1. The van der Waals surface area contributed by atoms with E-state index in [4.69, 9.17) is 4.74 Å². The van der Waals surface area contributed by atoms with Gasteiger partial charge in [0.1, 0.15) is 10.8 Å². The Morgan fingerprint density at radius 1 is 1.16 bits per heavy atom. The molecule has 3 aromatic rings. The number of ether oxygens (including phenoxy) is 1. The first-order valence-electron chi connectivity index (χ1n) is 10.1. The number of aryl methyl sites for hydroxylation is 2. The fourth-order valence-electron chi connectivity index (χ4n) is 3.74. The minimum atomic E-state index is -0.415. The molecule has 0 bridgehead atoms. The molecular weight excluding hydrogens is 412 g/mol. The first-order valence-corrected chi connectivity index (χ1v) is 10.9. The van der Waals surface area contributed by atoms with Gasteiger partial charge in [-0.2, -0.15) is 0 Å². The van der Waals surface area contributed by atoms with Gasteiger partial charge >= 0.3 is 0 Å². The van der Waals surface area contributed by atoms with Crippen LogP contribution in [0.1, 0.15) is 28.1 Å². The Hall–Kier alpha value is -3.26. The van der Waals surface area contributed by atoms with E-state index < -0.39 is 5.92 Å². The van der Waals surface area contributed by atoms with Gasteiger partial charge < -0.3 is 15.0 Å². The molecule has 2 aromatic carbocycles. The van der Waals surface area contributed by atoms with Crippen molar-refractivity contribution in [2.45, 2.75) is 26.7 Å². The van der Waals surface area contributed by atoms with Crippen LogP contribution >= 0.6 is 11.3 Å². The standard InChI is InChI=1S/C23H24N4O3S/c1-14-8-15(2)10-18(9-14)27-13-17(12-21(27)28)22(29)24-23-26-25-20(31-23)11-16-4-6-19(30-3)7-5-16/h4-10,17H,11-13H2,1-3H3,(H,24,26,29). The number of benzene rings is 2. The molecule has 0 saturated carbocycles. The molecule has 0 spiro atoms. The number of amides is 2. The summed E-state index contributed by atoms with van der Waals surface area (Å²) in [5.41, 5.74) is 4.11. The zero-order valence-electron chi connectivity index (χ0n) is 17.7. The minimum Gasteiger partial charge on any atom is -0.497 e. The summed E-state index contributed by atoms with van der Waals surface area (Å²) in [6.07, 6.45) is 0.816. The fraction of sp³-hybridized carbons (Fsp3) is 0.304. The predicted molar refractivity (Wildman–Crippen MR) is 121 cm³/mol. The summed E-state index contributed by atoms with van der Waals surface area (Å²) in [5, 5.41) is 12.4. The number of hydrogen-bond acceptors (Lipinski definition) is 6. The van der Waals surface area contributed by atoms with Gasteiger partial charge in [-0.3, -0.25) is 9.59 Å². The van der Waals surface area contributed by atoms with Crippen molar-refractivity contribution in [2.75, 3.05) is 23.9 Å². The quantitative estimate of drug-likeness (QED) is 0.636.